The third-order valence-electron chi connectivity index (χ3n) is 2.99. The number of alkyl halides is 3. The van der Waals surface area contributed by atoms with E-state index >= 15 is 0 Å². The van der Waals surface area contributed by atoms with Crippen LogP contribution in [0.4, 0.5) is 13.2 Å². The van der Waals surface area contributed by atoms with E-state index in [0.29, 0.717) is 12.1 Å². The predicted octanol–water partition coefficient (Wildman–Crippen LogP) is 2.30. The molecule has 2 heterocycles. The maximum Gasteiger partial charge on any atom is 0.417 e. The summed E-state index contributed by atoms with van der Waals surface area (Å²) in [5.74, 6) is 0. The lowest BCUT2D eigenvalue weighted by molar-refractivity contribution is -0.137. The number of halogens is 3. The van der Waals surface area contributed by atoms with E-state index in [1.807, 2.05) is 0 Å². The van der Waals surface area contributed by atoms with Gasteiger partial charge in [0.25, 0.3) is 10.1 Å². The number of hydrogen-bond donors (Lipinski definition) is 0. The molecule has 21 heavy (non-hydrogen) atoms. The molecule has 5 nitrogen and oxygen atoms in total. The molecule has 0 saturated carbocycles. The Morgan fingerprint density at radius 3 is 2.62 bits per heavy atom. The Bertz CT molecular complexity index is 586. The standard InChI is InChI=1S/C12H14F3NO4S/c1-21(17,18)20-9-4-5-19-11(6-9)10-3-2-8(7-16-10)12(13,14)15/h2-3,7,9,11H,4-6H2,1H3. The molecule has 0 aromatic carbocycles. The zero-order valence-electron chi connectivity index (χ0n) is 11.1. The molecule has 1 aromatic heterocycles. The van der Waals surface area contributed by atoms with E-state index in [-0.39, 0.29) is 13.0 Å². The number of aromatic nitrogens is 1. The summed E-state index contributed by atoms with van der Waals surface area (Å²) in [7, 11) is -3.58. The first-order valence-corrected chi connectivity index (χ1v) is 8.00. The van der Waals surface area contributed by atoms with Gasteiger partial charge in [0, 0.05) is 19.2 Å². The molecule has 2 atom stereocenters. The quantitative estimate of drug-likeness (QED) is 0.798. The second-order valence-corrected chi connectivity index (χ2v) is 6.38. The van der Waals surface area contributed by atoms with E-state index in [1.54, 1.807) is 0 Å². The number of hydrogen-bond acceptors (Lipinski definition) is 5. The summed E-state index contributed by atoms with van der Waals surface area (Å²) in [6.07, 6.45) is -3.25. The first-order valence-electron chi connectivity index (χ1n) is 6.18. The molecule has 1 fully saturated rings. The highest BCUT2D eigenvalue weighted by Crippen LogP contribution is 2.32. The van der Waals surface area contributed by atoms with Crippen molar-refractivity contribution in [2.45, 2.75) is 31.2 Å². The highest BCUT2D eigenvalue weighted by Gasteiger charge is 2.32. The zero-order chi connectivity index (χ0) is 15.7. The second kappa shape index (κ2) is 5.90. The van der Waals surface area contributed by atoms with Gasteiger partial charge in [-0.15, -0.1) is 0 Å². The molecule has 1 aromatic rings. The van der Waals surface area contributed by atoms with E-state index in [0.717, 1.165) is 18.5 Å². The van der Waals surface area contributed by atoms with Gasteiger partial charge in [-0.25, -0.2) is 0 Å². The third-order valence-corrected chi connectivity index (χ3v) is 3.61. The molecule has 118 valence electrons. The molecule has 9 heteroatoms. The van der Waals surface area contributed by atoms with Crippen LogP contribution in [0.25, 0.3) is 0 Å². The topological polar surface area (TPSA) is 65.5 Å². The summed E-state index contributed by atoms with van der Waals surface area (Å²) in [4.78, 5) is 3.75. The first kappa shape index (κ1) is 16.2. The highest BCUT2D eigenvalue weighted by atomic mass is 32.2. The van der Waals surface area contributed by atoms with Gasteiger partial charge in [0.1, 0.15) is 6.10 Å². The SMILES string of the molecule is CS(=O)(=O)OC1CCOC(c2ccc(C(F)(F)F)cn2)C1. The van der Waals surface area contributed by atoms with Crippen LogP contribution < -0.4 is 0 Å². The number of ether oxygens (including phenoxy) is 1. The Hall–Kier alpha value is -1.19. The van der Waals surface area contributed by atoms with Gasteiger partial charge in [-0.1, -0.05) is 0 Å². The largest absolute Gasteiger partial charge is 0.417 e. The van der Waals surface area contributed by atoms with Crippen molar-refractivity contribution >= 4 is 10.1 Å². The summed E-state index contributed by atoms with van der Waals surface area (Å²) >= 11 is 0. The average molecular weight is 325 g/mol. The first-order chi connectivity index (χ1) is 9.65. The number of nitrogens with zero attached hydrogens (tertiary/aromatic N) is 1. The molecule has 0 aliphatic carbocycles. The van der Waals surface area contributed by atoms with Crippen molar-refractivity contribution in [2.75, 3.05) is 12.9 Å². The van der Waals surface area contributed by atoms with Crippen LogP contribution in [0.15, 0.2) is 18.3 Å². The molecule has 0 spiro atoms. The second-order valence-electron chi connectivity index (χ2n) is 4.78. The molecular formula is C12H14F3NO4S. The minimum atomic E-state index is -4.44. The average Bonchev–Trinajstić information content (AvgIpc) is 2.36. The van der Waals surface area contributed by atoms with Crippen molar-refractivity contribution in [1.82, 2.24) is 4.98 Å². The number of rotatable bonds is 3. The molecule has 1 saturated heterocycles. The molecule has 1 aliphatic rings. The lowest BCUT2D eigenvalue weighted by Gasteiger charge is -2.28. The summed E-state index contributed by atoms with van der Waals surface area (Å²) in [6, 6.07) is 2.16. The normalized spacial score (nSPS) is 24.0. The monoisotopic (exact) mass is 325 g/mol. The third kappa shape index (κ3) is 4.65. The Balaban J connectivity index is 2.08. The van der Waals surface area contributed by atoms with Crippen molar-refractivity contribution < 1.29 is 30.5 Å². The van der Waals surface area contributed by atoms with Crippen LogP contribution in [-0.2, 0) is 25.2 Å². The molecule has 0 N–H and O–H groups in total. The van der Waals surface area contributed by atoms with E-state index in [1.165, 1.54) is 6.07 Å². The van der Waals surface area contributed by atoms with Crippen molar-refractivity contribution in [3.05, 3.63) is 29.6 Å². The Labute approximate surface area is 120 Å². The summed E-state index contributed by atoms with van der Waals surface area (Å²) in [5.41, 5.74) is -0.518. The zero-order valence-corrected chi connectivity index (χ0v) is 11.9. The molecule has 1 aliphatic heterocycles. The molecule has 2 unspecified atom stereocenters. The summed E-state index contributed by atoms with van der Waals surface area (Å²) < 4.78 is 69.9. The summed E-state index contributed by atoms with van der Waals surface area (Å²) in [6.45, 7) is 0.257. The Morgan fingerprint density at radius 1 is 1.38 bits per heavy atom. The summed E-state index contributed by atoms with van der Waals surface area (Å²) in [5, 5.41) is 0. The molecule has 0 bridgehead atoms. The van der Waals surface area contributed by atoms with Gasteiger partial charge < -0.3 is 4.74 Å². The van der Waals surface area contributed by atoms with Gasteiger partial charge in [-0.2, -0.15) is 21.6 Å². The molecule has 2 rings (SSSR count). The molecule has 0 radical (unpaired) electrons. The van der Waals surface area contributed by atoms with E-state index in [2.05, 4.69) is 4.98 Å². The fourth-order valence-electron chi connectivity index (χ4n) is 2.07. The van der Waals surface area contributed by atoms with Gasteiger partial charge in [-0.3, -0.25) is 9.17 Å². The Kier molecular flexibility index (Phi) is 4.54. The van der Waals surface area contributed by atoms with Crippen molar-refractivity contribution in [1.29, 1.82) is 0 Å². The maximum absolute atomic E-state index is 12.5. The van der Waals surface area contributed by atoms with Crippen molar-refractivity contribution in [3.63, 3.8) is 0 Å². The minimum absolute atomic E-state index is 0.228. The van der Waals surface area contributed by atoms with Gasteiger partial charge in [0.05, 0.1) is 23.6 Å². The smallest absolute Gasteiger partial charge is 0.372 e. The van der Waals surface area contributed by atoms with Crippen molar-refractivity contribution in [2.24, 2.45) is 0 Å². The van der Waals surface area contributed by atoms with Crippen LogP contribution in [0.3, 0.4) is 0 Å². The van der Waals surface area contributed by atoms with Gasteiger partial charge in [0.2, 0.25) is 0 Å². The van der Waals surface area contributed by atoms with Gasteiger partial charge >= 0.3 is 6.18 Å². The Morgan fingerprint density at radius 2 is 2.10 bits per heavy atom. The van der Waals surface area contributed by atoms with E-state index < -0.39 is 34.1 Å². The fourth-order valence-corrected chi connectivity index (χ4v) is 2.74. The van der Waals surface area contributed by atoms with Crippen LogP contribution in [0.1, 0.15) is 30.2 Å². The van der Waals surface area contributed by atoms with Crippen LogP contribution in [0, 0.1) is 0 Å². The van der Waals surface area contributed by atoms with Gasteiger partial charge in [0.15, 0.2) is 0 Å². The lowest BCUT2D eigenvalue weighted by atomic mass is 10.0. The van der Waals surface area contributed by atoms with Crippen LogP contribution in [-0.4, -0.2) is 32.4 Å². The minimum Gasteiger partial charge on any atom is -0.372 e. The molecule has 0 amide bonds. The number of pyridine rings is 1. The fraction of sp³-hybridized carbons (Fsp3) is 0.583. The predicted molar refractivity (Wildman–Crippen MR) is 66.9 cm³/mol. The highest BCUT2D eigenvalue weighted by molar-refractivity contribution is 7.86. The lowest BCUT2D eigenvalue weighted by Crippen LogP contribution is -2.28. The van der Waals surface area contributed by atoms with E-state index in [9.17, 15) is 21.6 Å². The van der Waals surface area contributed by atoms with Crippen LogP contribution in [0.5, 0.6) is 0 Å². The van der Waals surface area contributed by atoms with Crippen LogP contribution in [0.2, 0.25) is 0 Å². The van der Waals surface area contributed by atoms with Crippen molar-refractivity contribution in [3.8, 4) is 0 Å². The van der Waals surface area contributed by atoms with E-state index in [4.69, 9.17) is 8.92 Å². The van der Waals surface area contributed by atoms with Gasteiger partial charge in [-0.05, 0) is 18.6 Å². The molecular weight excluding hydrogens is 311 g/mol. The van der Waals surface area contributed by atoms with Crippen LogP contribution >= 0.6 is 0 Å². The maximum atomic E-state index is 12.5.